The molecule has 1 aromatic heterocycles. The zero-order valence-corrected chi connectivity index (χ0v) is 10.9. The van der Waals surface area contributed by atoms with E-state index in [9.17, 15) is 8.42 Å². The van der Waals surface area contributed by atoms with Crippen LogP contribution in [0.5, 0.6) is 0 Å². The number of aromatic nitrogens is 1. The lowest BCUT2D eigenvalue weighted by molar-refractivity contribution is 0.591. The van der Waals surface area contributed by atoms with Gasteiger partial charge in [-0.1, -0.05) is 6.08 Å². The molecule has 0 bridgehead atoms. The first-order valence-corrected chi connectivity index (χ1v) is 7.57. The van der Waals surface area contributed by atoms with Crippen molar-refractivity contribution in [3.63, 3.8) is 0 Å². The number of hydrogen-bond donors (Lipinski definition) is 1. The number of sulfone groups is 1. The predicted octanol–water partition coefficient (Wildman–Crippen LogP) is 1.16. The van der Waals surface area contributed by atoms with Crippen molar-refractivity contribution in [1.29, 1.82) is 0 Å². The molecule has 6 heteroatoms. The van der Waals surface area contributed by atoms with Gasteiger partial charge in [0.2, 0.25) is 0 Å². The van der Waals surface area contributed by atoms with Gasteiger partial charge in [-0.25, -0.2) is 13.4 Å². The zero-order chi connectivity index (χ0) is 11.8. The number of thiazole rings is 1. The first-order chi connectivity index (χ1) is 7.46. The molecular weight excluding hydrogens is 244 g/mol. The number of aryl methyl sites for hydroxylation is 2. The summed E-state index contributed by atoms with van der Waals surface area (Å²) in [6, 6.07) is -0.0631. The Labute approximate surface area is 99.3 Å². The maximum atomic E-state index is 11.2. The summed E-state index contributed by atoms with van der Waals surface area (Å²) in [4.78, 5) is 5.50. The van der Waals surface area contributed by atoms with E-state index in [0.717, 1.165) is 10.7 Å². The van der Waals surface area contributed by atoms with Crippen molar-refractivity contribution >= 4 is 21.2 Å². The van der Waals surface area contributed by atoms with Gasteiger partial charge in [0.25, 0.3) is 0 Å². The number of nitrogens with zero attached hydrogens (tertiary/aromatic N) is 1. The minimum Gasteiger partial charge on any atom is -0.305 e. The standard InChI is InChI=1S/C10H14N2O2S2/c1-7-10(15-8(2)12-7)5-11-9-3-4-16(13,14)6-9/h3-4,9,11H,5-6H2,1-2H3. The van der Waals surface area contributed by atoms with Crippen molar-refractivity contribution in [2.45, 2.75) is 26.4 Å². The molecule has 16 heavy (non-hydrogen) atoms. The van der Waals surface area contributed by atoms with E-state index in [1.807, 2.05) is 13.8 Å². The molecule has 2 heterocycles. The predicted molar refractivity (Wildman–Crippen MR) is 65.1 cm³/mol. The number of hydrogen-bond acceptors (Lipinski definition) is 5. The van der Waals surface area contributed by atoms with Crippen LogP contribution >= 0.6 is 11.3 Å². The zero-order valence-electron chi connectivity index (χ0n) is 9.23. The Kier molecular flexibility index (Phi) is 3.14. The second kappa shape index (κ2) is 4.27. The van der Waals surface area contributed by atoms with Gasteiger partial charge in [-0.15, -0.1) is 11.3 Å². The molecule has 88 valence electrons. The second-order valence-electron chi connectivity index (χ2n) is 3.89. The van der Waals surface area contributed by atoms with Gasteiger partial charge in [0.1, 0.15) is 0 Å². The largest absolute Gasteiger partial charge is 0.305 e. The summed E-state index contributed by atoms with van der Waals surface area (Å²) >= 11 is 1.65. The Morgan fingerprint density at radius 1 is 1.56 bits per heavy atom. The van der Waals surface area contributed by atoms with Crippen molar-refractivity contribution in [3.8, 4) is 0 Å². The SMILES string of the molecule is Cc1nc(C)c(CNC2C=CS(=O)(=O)C2)s1. The maximum Gasteiger partial charge on any atom is 0.173 e. The summed E-state index contributed by atoms with van der Waals surface area (Å²) in [5.74, 6) is 0.170. The molecule has 0 saturated heterocycles. The minimum atomic E-state index is -2.96. The number of rotatable bonds is 3. The number of nitrogens with one attached hydrogen (secondary N) is 1. The maximum absolute atomic E-state index is 11.2. The monoisotopic (exact) mass is 258 g/mol. The molecule has 1 atom stereocenters. The topological polar surface area (TPSA) is 59.1 Å². The van der Waals surface area contributed by atoms with E-state index >= 15 is 0 Å². The third-order valence-corrected chi connectivity index (χ3v) is 4.92. The van der Waals surface area contributed by atoms with Crippen LogP contribution in [0.1, 0.15) is 15.6 Å². The van der Waals surface area contributed by atoms with E-state index in [1.165, 1.54) is 10.3 Å². The van der Waals surface area contributed by atoms with Crippen LogP contribution in [0.2, 0.25) is 0 Å². The highest BCUT2D eigenvalue weighted by atomic mass is 32.2. The van der Waals surface area contributed by atoms with Crippen molar-refractivity contribution in [1.82, 2.24) is 10.3 Å². The third kappa shape index (κ3) is 2.69. The Morgan fingerprint density at radius 3 is 2.81 bits per heavy atom. The van der Waals surface area contributed by atoms with Gasteiger partial charge in [0.05, 0.1) is 16.5 Å². The Balaban J connectivity index is 1.94. The van der Waals surface area contributed by atoms with Gasteiger partial charge in [0.15, 0.2) is 9.84 Å². The van der Waals surface area contributed by atoms with Crippen LogP contribution in [0.25, 0.3) is 0 Å². The summed E-state index contributed by atoms with van der Waals surface area (Å²) in [6.45, 7) is 4.63. The smallest absolute Gasteiger partial charge is 0.173 e. The van der Waals surface area contributed by atoms with Crippen LogP contribution in [0.15, 0.2) is 11.5 Å². The first kappa shape index (κ1) is 11.8. The average molecular weight is 258 g/mol. The van der Waals surface area contributed by atoms with Gasteiger partial charge in [-0.2, -0.15) is 0 Å². The molecule has 1 aromatic rings. The molecule has 1 aliphatic heterocycles. The lowest BCUT2D eigenvalue weighted by Crippen LogP contribution is -2.29. The fourth-order valence-electron chi connectivity index (χ4n) is 1.66. The quantitative estimate of drug-likeness (QED) is 0.884. The summed E-state index contributed by atoms with van der Waals surface area (Å²) < 4.78 is 22.4. The van der Waals surface area contributed by atoms with Crippen LogP contribution in [0, 0.1) is 13.8 Å². The van der Waals surface area contributed by atoms with Crippen LogP contribution in [-0.2, 0) is 16.4 Å². The molecule has 2 rings (SSSR count). The Bertz CT molecular complexity index is 517. The van der Waals surface area contributed by atoms with Crippen molar-refractivity contribution in [3.05, 3.63) is 27.1 Å². The van der Waals surface area contributed by atoms with E-state index < -0.39 is 9.84 Å². The molecule has 1 unspecified atom stereocenters. The van der Waals surface area contributed by atoms with E-state index in [1.54, 1.807) is 17.4 Å². The van der Waals surface area contributed by atoms with Crippen LogP contribution in [0.3, 0.4) is 0 Å². The molecule has 0 fully saturated rings. The lowest BCUT2D eigenvalue weighted by atomic mass is 10.3. The molecule has 0 radical (unpaired) electrons. The third-order valence-electron chi connectivity index (χ3n) is 2.45. The van der Waals surface area contributed by atoms with Crippen molar-refractivity contribution in [2.24, 2.45) is 0 Å². The van der Waals surface area contributed by atoms with Crippen molar-refractivity contribution in [2.75, 3.05) is 5.75 Å². The highest BCUT2D eigenvalue weighted by molar-refractivity contribution is 7.94. The molecule has 0 aromatic carbocycles. The fraction of sp³-hybridized carbons (Fsp3) is 0.500. The fourth-order valence-corrected chi connectivity index (χ4v) is 3.82. The van der Waals surface area contributed by atoms with Crippen molar-refractivity contribution < 1.29 is 8.42 Å². The Hall–Kier alpha value is -0.720. The Morgan fingerprint density at radius 2 is 2.31 bits per heavy atom. The average Bonchev–Trinajstić information content (AvgIpc) is 2.66. The first-order valence-electron chi connectivity index (χ1n) is 5.03. The van der Waals surface area contributed by atoms with E-state index in [-0.39, 0.29) is 11.8 Å². The van der Waals surface area contributed by atoms with Gasteiger partial charge < -0.3 is 5.32 Å². The summed E-state index contributed by atoms with van der Waals surface area (Å²) in [7, 11) is -2.96. The highest BCUT2D eigenvalue weighted by Crippen LogP contribution is 2.17. The molecule has 1 aliphatic rings. The molecule has 0 aliphatic carbocycles. The van der Waals surface area contributed by atoms with E-state index in [2.05, 4.69) is 10.3 Å². The normalized spacial score (nSPS) is 22.8. The van der Waals surface area contributed by atoms with Crippen LogP contribution < -0.4 is 5.32 Å². The van der Waals surface area contributed by atoms with Gasteiger partial charge in [0, 0.05) is 22.9 Å². The van der Waals surface area contributed by atoms with Crippen LogP contribution in [-0.4, -0.2) is 25.2 Å². The van der Waals surface area contributed by atoms with Gasteiger partial charge in [-0.3, -0.25) is 0 Å². The molecule has 0 spiro atoms. The molecule has 0 amide bonds. The van der Waals surface area contributed by atoms with E-state index in [4.69, 9.17) is 0 Å². The molecule has 1 N–H and O–H groups in total. The van der Waals surface area contributed by atoms with Crippen LogP contribution in [0.4, 0.5) is 0 Å². The molecular formula is C10H14N2O2S2. The summed E-state index contributed by atoms with van der Waals surface area (Å²) in [6.07, 6.45) is 1.71. The summed E-state index contributed by atoms with van der Waals surface area (Å²) in [5, 5.41) is 5.54. The van der Waals surface area contributed by atoms with Gasteiger partial charge >= 0.3 is 0 Å². The van der Waals surface area contributed by atoms with E-state index in [0.29, 0.717) is 6.54 Å². The molecule has 0 saturated carbocycles. The van der Waals surface area contributed by atoms with Gasteiger partial charge in [-0.05, 0) is 13.8 Å². The highest BCUT2D eigenvalue weighted by Gasteiger charge is 2.21. The lowest BCUT2D eigenvalue weighted by Gasteiger charge is -2.08. The summed E-state index contributed by atoms with van der Waals surface area (Å²) in [5.41, 5.74) is 1.03. The second-order valence-corrected chi connectivity index (χ2v) is 7.11. The molecule has 4 nitrogen and oxygen atoms in total. The minimum absolute atomic E-state index is 0.0631.